The fourth-order valence-corrected chi connectivity index (χ4v) is 4.02. The Balaban J connectivity index is 1.80. The Bertz CT molecular complexity index is 916. The average Bonchev–Trinajstić information content (AvgIpc) is 3.24. The van der Waals surface area contributed by atoms with Gasteiger partial charge in [-0.15, -0.1) is 11.3 Å². The molecule has 1 unspecified atom stereocenters. The van der Waals surface area contributed by atoms with Gasteiger partial charge in [-0.05, 0) is 63.7 Å². The number of nitrogens with one attached hydrogen (secondary N) is 1. The van der Waals surface area contributed by atoms with Gasteiger partial charge in [-0.2, -0.15) is 5.10 Å². The lowest BCUT2D eigenvalue weighted by Gasteiger charge is -2.23. The zero-order valence-electron chi connectivity index (χ0n) is 15.9. The summed E-state index contributed by atoms with van der Waals surface area (Å²) in [5.41, 5.74) is 2.66. The smallest absolute Gasteiger partial charge is 0.255 e. The van der Waals surface area contributed by atoms with Crippen molar-refractivity contribution in [3.8, 4) is 5.69 Å². The van der Waals surface area contributed by atoms with E-state index < -0.39 is 0 Å². The van der Waals surface area contributed by atoms with E-state index >= 15 is 0 Å². The molecule has 0 saturated carbocycles. The van der Waals surface area contributed by atoms with Gasteiger partial charge >= 0.3 is 0 Å². The van der Waals surface area contributed by atoms with E-state index in [1.165, 1.54) is 17.0 Å². The van der Waals surface area contributed by atoms with Gasteiger partial charge in [0.2, 0.25) is 0 Å². The first-order valence-corrected chi connectivity index (χ1v) is 9.56. The number of carbonyl (C=O) groups excluding carboxylic acids is 1. The Morgan fingerprint density at radius 3 is 2.56 bits per heavy atom. The van der Waals surface area contributed by atoms with Crippen LogP contribution in [0, 0.1) is 19.7 Å². The molecule has 142 valence electrons. The lowest BCUT2D eigenvalue weighted by atomic mass is 10.1. The van der Waals surface area contributed by atoms with Crippen LogP contribution in [0.15, 0.2) is 41.8 Å². The normalized spacial score (nSPS) is 12.4. The Hall–Kier alpha value is -2.51. The van der Waals surface area contributed by atoms with E-state index in [0.29, 0.717) is 17.8 Å². The van der Waals surface area contributed by atoms with E-state index in [-0.39, 0.29) is 17.8 Å². The summed E-state index contributed by atoms with van der Waals surface area (Å²) in [4.78, 5) is 16.1. The molecule has 1 atom stereocenters. The molecule has 3 rings (SSSR count). The maximum Gasteiger partial charge on any atom is 0.255 e. The molecule has 1 aromatic carbocycles. The highest BCUT2D eigenvalue weighted by atomic mass is 32.1. The number of carbonyl (C=O) groups is 1. The third-order valence-corrected chi connectivity index (χ3v) is 5.51. The first-order chi connectivity index (χ1) is 12.9. The summed E-state index contributed by atoms with van der Waals surface area (Å²) < 4.78 is 14.8. The fourth-order valence-electron chi connectivity index (χ4n) is 3.10. The van der Waals surface area contributed by atoms with Crippen molar-refractivity contribution in [1.82, 2.24) is 20.0 Å². The van der Waals surface area contributed by atoms with E-state index in [9.17, 15) is 9.18 Å². The van der Waals surface area contributed by atoms with Gasteiger partial charge in [-0.1, -0.05) is 6.07 Å². The number of thiophene rings is 1. The first kappa shape index (κ1) is 19.3. The predicted molar refractivity (Wildman–Crippen MR) is 106 cm³/mol. The molecule has 1 N–H and O–H groups in total. The lowest BCUT2D eigenvalue weighted by molar-refractivity contribution is 0.0941. The van der Waals surface area contributed by atoms with Crippen molar-refractivity contribution >= 4 is 17.2 Å². The van der Waals surface area contributed by atoms with Crippen molar-refractivity contribution in [3.05, 3.63) is 69.4 Å². The number of hydrogen-bond donors (Lipinski definition) is 1. The highest BCUT2D eigenvalue weighted by molar-refractivity contribution is 7.10. The number of benzene rings is 1. The highest BCUT2D eigenvalue weighted by Gasteiger charge is 2.22. The maximum atomic E-state index is 13.2. The van der Waals surface area contributed by atoms with Gasteiger partial charge in [-0.3, -0.25) is 4.79 Å². The molecule has 2 heterocycles. The first-order valence-electron chi connectivity index (χ1n) is 8.68. The summed E-state index contributed by atoms with van der Waals surface area (Å²) in [5, 5.41) is 9.54. The topological polar surface area (TPSA) is 50.2 Å². The Morgan fingerprint density at radius 1 is 1.26 bits per heavy atom. The Kier molecular flexibility index (Phi) is 5.72. The van der Waals surface area contributed by atoms with Gasteiger partial charge in [0.25, 0.3) is 5.91 Å². The molecule has 0 aliphatic rings. The molecule has 1 amide bonds. The number of aromatic nitrogens is 2. The van der Waals surface area contributed by atoms with Gasteiger partial charge in [0, 0.05) is 11.4 Å². The summed E-state index contributed by atoms with van der Waals surface area (Å²) in [7, 11) is 4.00. The zero-order valence-corrected chi connectivity index (χ0v) is 16.7. The van der Waals surface area contributed by atoms with Crippen LogP contribution in [0.2, 0.25) is 0 Å². The Labute approximate surface area is 162 Å². The second kappa shape index (κ2) is 8.02. The molecule has 7 heteroatoms. The van der Waals surface area contributed by atoms with Crippen LogP contribution < -0.4 is 5.32 Å². The molecule has 3 aromatic rings. The van der Waals surface area contributed by atoms with Crippen molar-refractivity contribution in [2.24, 2.45) is 0 Å². The third-order valence-electron chi connectivity index (χ3n) is 4.54. The van der Waals surface area contributed by atoms with Crippen molar-refractivity contribution in [2.45, 2.75) is 19.9 Å². The number of rotatable bonds is 6. The van der Waals surface area contributed by atoms with Crippen LogP contribution in [0.5, 0.6) is 0 Å². The molecule has 2 aromatic heterocycles. The van der Waals surface area contributed by atoms with Crippen molar-refractivity contribution in [2.75, 3.05) is 20.6 Å². The van der Waals surface area contributed by atoms with E-state index in [1.807, 2.05) is 39.4 Å². The molecule has 0 bridgehead atoms. The van der Waals surface area contributed by atoms with E-state index in [4.69, 9.17) is 0 Å². The van der Waals surface area contributed by atoms with Crippen LogP contribution in [0.4, 0.5) is 4.39 Å². The van der Waals surface area contributed by atoms with E-state index in [2.05, 4.69) is 21.4 Å². The zero-order chi connectivity index (χ0) is 19.6. The number of halogens is 1. The minimum absolute atomic E-state index is 0.113. The molecule has 5 nitrogen and oxygen atoms in total. The average molecular weight is 386 g/mol. The van der Waals surface area contributed by atoms with Gasteiger partial charge in [0.1, 0.15) is 5.82 Å². The van der Waals surface area contributed by atoms with E-state index in [0.717, 1.165) is 11.4 Å². The van der Waals surface area contributed by atoms with Crippen LogP contribution in [-0.4, -0.2) is 41.2 Å². The Morgan fingerprint density at radius 2 is 1.96 bits per heavy atom. The second-order valence-corrected chi connectivity index (χ2v) is 7.62. The maximum absolute atomic E-state index is 13.2. The van der Waals surface area contributed by atoms with Gasteiger partial charge in [-0.25, -0.2) is 9.07 Å². The lowest BCUT2D eigenvalue weighted by Crippen LogP contribution is -2.34. The molecular weight excluding hydrogens is 363 g/mol. The molecule has 27 heavy (non-hydrogen) atoms. The quantitative estimate of drug-likeness (QED) is 0.702. The minimum atomic E-state index is -0.304. The van der Waals surface area contributed by atoms with Crippen LogP contribution in [-0.2, 0) is 0 Å². The van der Waals surface area contributed by atoms with Crippen LogP contribution in [0.3, 0.4) is 0 Å². The summed E-state index contributed by atoms with van der Waals surface area (Å²) >= 11 is 1.68. The number of aryl methyl sites for hydroxylation is 1. The number of amides is 1. The van der Waals surface area contributed by atoms with Gasteiger partial charge in [0.05, 0.1) is 28.7 Å². The highest BCUT2D eigenvalue weighted by Crippen LogP contribution is 2.23. The molecular formula is C20H23FN4OS. The third kappa shape index (κ3) is 4.09. The molecule has 0 fully saturated rings. The van der Waals surface area contributed by atoms with Gasteiger partial charge < -0.3 is 10.2 Å². The van der Waals surface area contributed by atoms with Crippen molar-refractivity contribution in [3.63, 3.8) is 0 Å². The molecule has 0 saturated heterocycles. The summed E-state index contributed by atoms with van der Waals surface area (Å²) in [6.45, 7) is 4.17. The second-order valence-electron chi connectivity index (χ2n) is 6.64. The fraction of sp³-hybridized carbons (Fsp3) is 0.300. The summed E-state index contributed by atoms with van der Waals surface area (Å²) in [6, 6.07) is 10.3. The molecule has 0 radical (unpaired) electrons. The van der Waals surface area contributed by atoms with Crippen LogP contribution in [0.25, 0.3) is 5.69 Å². The van der Waals surface area contributed by atoms with Crippen LogP contribution >= 0.6 is 11.3 Å². The van der Waals surface area contributed by atoms with E-state index in [1.54, 1.807) is 28.2 Å². The molecule has 0 aliphatic carbocycles. The van der Waals surface area contributed by atoms with Gasteiger partial charge in [0.15, 0.2) is 0 Å². The predicted octanol–water partition coefficient (Wildman–Crippen LogP) is 3.72. The monoisotopic (exact) mass is 386 g/mol. The number of likely N-dealkylation sites (N-methyl/N-ethyl adjacent to an activating group) is 1. The number of hydrogen-bond acceptors (Lipinski definition) is 4. The molecule has 0 aliphatic heterocycles. The largest absolute Gasteiger partial charge is 0.350 e. The standard InChI is InChI=1S/C20H23FN4OS/c1-13-19(14(2)25(23-13)16-9-7-15(21)8-10-16)20(26)22-12-17(24(3)4)18-6-5-11-27-18/h5-11,17H,12H2,1-4H3,(H,22,26). The van der Waals surface area contributed by atoms with Crippen LogP contribution in [0.1, 0.15) is 32.7 Å². The van der Waals surface area contributed by atoms with Crippen molar-refractivity contribution in [1.29, 1.82) is 0 Å². The number of nitrogens with zero attached hydrogens (tertiary/aromatic N) is 3. The summed E-state index contributed by atoms with van der Waals surface area (Å²) in [6.07, 6.45) is 0. The summed E-state index contributed by atoms with van der Waals surface area (Å²) in [5.74, 6) is -0.455. The van der Waals surface area contributed by atoms with Crippen molar-refractivity contribution < 1.29 is 9.18 Å². The SMILES string of the molecule is Cc1nn(-c2ccc(F)cc2)c(C)c1C(=O)NCC(c1cccs1)N(C)C. The molecule has 0 spiro atoms. The minimum Gasteiger partial charge on any atom is -0.350 e.